The Balaban J connectivity index is 1.68. The Morgan fingerprint density at radius 1 is 1.24 bits per heavy atom. The molecule has 3 heterocycles. The van der Waals surface area contributed by atoms with Gasteiger partial charge in [0.05, 0.1) is 19.6 Å². The molecule has 1 unspecified atom stereocenters. The minimum absolute atomic E-state index is 0.0514. The largest absolute Gasteiger partial charge is 0.497 e. The summed E-state index contributed by atoms with van der Waals surface area (Å²) in [5.41, 5.74) is 1.89. The summed E-state index contributed by atoms with van der Waals surface area (Å²) in [4.78, 5) is 24.9. The van der Waals surface area contributed by atoms with Crippen molar-refractivity contribution in [3.05, 3.63) is 48.4 Å². The summed E-state index contributed by atoms with van der Waals surface area (Å²) >= 11 is 0. The van der Waals surface area contributed by atoms with Crippen LogP contribution < -0.4 is 14.4 Å². The zero-order chi connectivity index (χ0) is 23.4. The number of hydrogen-bond acceptors (Lipinski definition) is 7. The molecule has 1 aliphatic rings. The highest BCUT2D eigenvalue weighted by Gasteiger charge is 2.27. The van der Waals surface area contributed by atoms with Crippen LogP contribution in [0.4, 0.5) is 5.82 Å². The number of H-pyrrole nitrogens is 1. The minimum atomic E-state index is -0.0514. The molecule has 1 aliphatic heterocycles. The van der Waals surface area contributed by atoms with Gasteiger partial charge in [-0.3, -0.25) is 9.89 Å². The van der Waals surface area contributed by atoms with E-state index in [-0.39, 0.29) is 11.9 Å². The van der Waals surface area contributed by atoms with Crippen molar-refractivity contribution in [2.24, 2.45) is 0 Å². The molecule has 0 radical (unpaired) electrons. The van der Waals surface area contributed by atoms with Gasteiger partial charge in [-0.1, -0.05) is 12.5 Å². The first-order valence-corrected chi connectivity index (χ1v) is 10.6. The monoisotopic (exact) mass is 446 g/mol. The van der Waals surface area contributed by atoms with Crippen LogP contribution in [-0.4, -0.2) is 71.4 Å². The van der Waals surface area contributed by atoms with E-state index < -0.39 is 0 Å². The number of likely N-dealkylation sites (tertiary alicyclic amines) is 1. The molecular formula is C24H26N6O3. The first-order chi connectivity index (χ1) is 16.0. The van der Waals surface area contributed by atoms with Crippen molar-refractivity contribution < 1.29 is 14.3 Å². The Kier molecular flexibility index (Phi) is 6.45. The standard InChI is InChI=1S/C24H26N6O3/c1-5-21(31)30-10-6-7-17(14-30)29(2)24-22-20(27-28-23(22)25-15-26-24)9-8-16-11-18(32-3)13-19(12-16)33-4/h5,11-13,15,17H,1,6-7,10,14H2,2-4H3,(H,25,26,27,28). The van der Waals surface area contributed by atoms with Crippen molar-refractivity contribution in [3.8, 4) is 23.3 Å². The van der Waals surface area contributed by atoms with Crippen molar-refractivity contribution in [3.63, 3.8) is 0 Å². The average Bonchev–Trinajstić information content (AvgIpc) is 3.29. The van der Waals surface area contributed by atoms with Crippen LogP contribution in [0.1, 0.15) is 24.1 Å². The third kappa shape index (κ3) is 4.60. The SMILES string of the molecule is C=CC(=O)N1CCCC(N(C)c2ncnc3[nH]nc(C#Cc4cc(OC)cc(OC)c4)c23)C1. The van der Waals surface area contributed by atoms with Crippen LogP contribution in [0.5, 0.6) is 11.5 Å². The molecule has 1 N–H and O–H groups in total. The molecule has 170 valence electrons. The number of likely N-dealkylation sites (N-methyl/N-ethyl adjacent to an activating group) is 1. The Morgan fingerprint density at radius 2 is 2.00 bits per heavy atom. The van der Waals surface area contributed by atoms with Gasteiger partial charge >= 0.3 is 0 Å². The van der Waals surface area contributed by atoms with Crippen LogP contribution in [0.15, 0.2) is 37.2 Å². The van der Waals surface area contributed by atoms with Gasteiger partial charge in [0.15, 0.2) is 5.65 Å². The second-order valence-corrected chi connectivity index (χ2v) is 7.74. The highest BCUT2D eigenvalue weighted by atomic mass is 16.5. The van der Waals surface area contributed by atoms with Gasteiger partial charge in [-0.15, -0.1) is 0 Å². The maximum atomic E-state index is 12.1. The summed E-state index contributed by atoms with van der Waals surface area (Å²) in [6.45, 7) is 4.95. The highest BCUT2D eigenvalue weighted by molar-refractivity contribution is 5.92. The molecule has 2 aromatic heterocycles. The number of aromatic nitrogens is 4. The lowest BCUT2D eigenvalue weighted by atomic mass is 10.0. The van der Waals surface area contributed by atoms with Crippen molar-refractivity contribution in [2.75, 3.05) is 39.3 Å². The zero-order valence-electron chi connectivity index (χ0n) is 19.0. The number of carbonyl (C=O) groups excluding carboxylic acids is 1. The van der Waals surface area contributed by atoms with Crippen molar-refractivity contribution in [1.29, 1.82) is 0 Å². The second-order valence-electron chi connectivity index (χ2n) is 7.74. The number of amides is 1. The van der Waals surface area contributed by atoms with E-state index in [1.54, 1.807) is 20.3 Å². The number of piperidine rings is 1. The van der Waals surface area contributed by atoms with E-state index >= 15 is 0 Å². The molecule has 1 saturated heterocycles. The molecule has 0 saturated carbocycles. The topological polar surface area (TPSA) is 96.5 Å². The number of anilines is 1. The molecule has 33 heavy (non-hydrogen) atoms. The zero-order valence-corrected chi connectivity index (χ0v) is 19.0. The van der Waals surface area contributed by atoms with E-state index in [0.29, 0.717) is 29.4 Å². The highest BCUT2D eigenvalue weighted by Crippen LogP contribution is 2.28. The summed E-state index contributed by atoms with van der Waals surface area (Å²) in [6, 6.07) is 5.57. The van der Waals surface area contributed by atoms with Crippen LogP contribution in [0, 0.1) is 11.8 Å². The first kappa shape index (κ1) is 22.1. The Labute approximate surface area is 192 Å². The Bertz CT molecular complexity index is 1220. The summed E-state index contributed by atoms with van der Waals surface area (Å²) in [5, 5.41) is 8.06. The number of rotatable bonds is 5. The van der Waals surface area contributed by atoms with Crippen LogP contribution in [0.25, 0.3) is 11.0 Å². The van der Waals surface area contributed by atoms with E-state index in [1.165, 1.54) is 12.4 Å². The van der Waals surface area contributed by atoms with E-state index in [2.05, 4.69) is 43.5 Å². The fourth-order valence-electron chi connectivity index (χ4n) is 3.99. The molecule has 0 aliphatic carbocycles. The fraction of sp³-hybridized carbons (Fsp3) is 0.333. The van der Waals surface area contributed by atoms with E-state index in [9.17, 15) is 4.79 Å². The molecule has 9 nitrogen and oxygen atoms in total. The van der Waals surface area contributed by atoms with Gasteiger partial charge in [0.1, 0.15) is 29.3 Å². The fourth-order valence-corrected chi connectivity index (χ4v) is 3.99. The number of nitrogens with one attached hydrogen (secondary N) is 1. The minimum Gasteiger partial charge on any atom is -0.497 e. The normalized spacial score (nSPS) is 15.5. The van der Waals surface area contributed by atoms with Gasteiger partial charge < -0.3 is 19.3 Å². The Hall–Kier alpha value is -4.06. The number of hydrogen-bond donors (Lipinski definition) is 1. The molecular weight excluding hydrogens is 420 g/mol. The summed E-state index contributed by atoms with van der Waals surface area (Å²) in [5.74, 6) is 8.25. The summed E-state index contributed by atoms with van der Waals surface area (Å²) in [6.07, 6.45) is 4.73. The second kappa shape index (κ2) is 9.61. The first-order valence-electron chi connectivity index (χ1n) is 10.6. The number of carbonyl (C=O) groups is 1. The number of nitrogens with zero attached hydrogens (tertiary/aromatic N) is 5. The number of ether oxygens (including phenoxy) is 2. The summed E-state index contributed by atoms with van der Waals surface area (Å²) in [7, 11) is 5.18. The van der Waals surface area contributed by atoms with Crippen LogP contribution in [0.2, 0.25) is 0 Å². The van der Waals surface area contributed by atoms with Gasteiger partial charge in [-0.05, 0) is 37.0 Å². The predicted octanol–water partition coefficient (Wildman–Crippen LogP) is 2.38. The lowest BCUT2D eigenvalue weighted by molar-refractivity contribution is -0.127. The predicted molar refractivity (Wildman–Crippen MR) is 125 cm³/mol. The van der Waals surface area contributed by atoms with E-state index in [1.807, 2.05) is 24.1 Å². The van der Waals surface area contributed by atoms with Gasteiger partial charge in [0, 0.05) is 37.8 Å². The number of methoxy groups -OCH3 is 2. The lowest BCUT2D eigenvalue weighted by Gasteiger charge is -2.37. The molecule has 1 fully saturated rings. The molecule has 4 rings (SSSR count). The van der Waals surface area contributed by atoms with Crippen LogP contribution in [0.3, 0.4) is 0 Å². The molecule has 1 amide bonds. The van der Waals surface area contributed by atoms with Gasteiger partial charge in [0.25, 0.3) is 0 Å². The molecule has 3 aromatic rings. The Morgan fingerprint density at radius 3 is 2.70 bits per heavy atom. The molecule has 9 heteroatoms. The lowest BCUT2D eigenvalue weighted by Crippen LogP contribution is -2.48. The molecule has 1 atom stereocenters. The van der Waals surface area contributed by atoms with E-state index in [0.717, 1.165) is 36.2 Å². The maximum Gasteiger partial charge on any atom is 0.246 e. The summed E-state index contributed by atoms with van der Waals surface area (Å²) < 4.78 is 10.7. The van der Waals surface area contributed by atoms with Crippen molar-refractivity contribution in [1.82, 2.24) is 25.1 Å². The third-order valence-corrected chi connectivity index (χ3v) is 5.78. The van der Waals surface area contributed by atoms with Crippen LogP contribution >= 0.6 is 0 Å². The molecule has 0 spiro atoms. The van der Waals surface area contributed by atoms with Gasteiger partial charge in [0.2, 0.25) is 5.91 Å². The third-order valence-electron chi connectivity index (χ3n) is 5.78. The quantitative estimate of drug-likeness (QED) is 0.475. The van der Waals surface area contributed by atoms with Crippen LogP contribution in [-0.2, 0) is 4.79 Å². The smallest absolute Gasteiger partial charge is 0.246 e. The number of benzene rings is 1. The van der Waals surface area contributed by atoms with Gasteiger partial charge in [-0.25, -0.2) is 9.97 Å². The number of aromatic amines is 1. The average molecular weight is 447 g/mol. The molecule has 1 aromatic carbocycles. The molecule has 0 bridgehead atoms. The van der Waals surface area contributed by atoms with Gasteiger partial charge in [-0.2, -0.15) is 5.10 Å². The number of fused-ring (bicyclic) bond motifs is 1. The van der Waals surface area contributed by atoms with Crippen molar-refractivity contribution >= 4 is 22.8 Å². The maximum absolute atomic E-state index is 12.1. The van der Waals surface area contributed by atoms with E-state index in [4.69, 9.17) is 9.47 Å². The van der Waals surface area contributed by atoms with Crippen molar-refractivity contribution in [2.45, 2.75) is 18.9 Å².